The molecule has 3 heterocycles. The van der Waals surface area contributed by atoms with Crippen LogP contribution in [0, 0.1) is 5.41 Å². The Balaban J connectivity index is 1.59. The van der Waals surface area contributed by atoms with E-state index in [1.807, 2.05) is 30.3 Å². The second-order valence-electron chi connectivity index (χ2n) is 8.71. The van der Waals surface area contributed by atoms with Gasteiger partial charge < -0.3 is 15.5 Å². The summed E-state index contributed by atoms with van der Waals surface area (Å²) in [5.41, 5.74) is 7.71. The van der Waals surface area contributed by atoms with Gasteiger partial charge in [-0.15, -0.1) is 0 Å². The van der Waals surface area contributed by atoms with Crippen LogP contribution in [0.4, 0.5) is 0 Å². The fraction of sp³-hybridized carbons (Fsp3) is 0.192. The number of ether oxygens (including phenoxy) is 1. The number of hydrogen-bond acceptors (Lipinski definition) is 6. The maximum Gasteiger partial charge on any atom is 0.251 e. The summed E-state index contributed by atoms with van der Waals surface area (Å²) in [6, 6.07) is 15.8. The first kappa shape index (κ1) is 24.1. The van der Waals surface area contributed by atoms with Crippen molar-refractivity contribution in [1.29, 1.82) is 0 Å². The largest absolute Gasteiger partial charge is 0.471 e. The highest BCUT2D eigenvalue weighted by Gasteiger charge is 2.25. The number of pyridine rings is 2. The molecule has 9 heteroatoms. The third kappa shape index (κ3) is 5.91. The lowest BCUT2D eigenvalue weighted by molar-refractivity contribution is -0.125. The third-order valence-corrected chi connectivity index (χ3v) is 5.80. The second-order valence-corrected chi connectivity index (χ2v) is 9.12. The summed E-state index contributed by atoms with van der Waals surface area (Å²) in [6.45, 7) is 3.85. The van der Waals surface area contributed by atoms with Crippen LogP contribution >= 0.6 is 11.6 Å². The highest BCUT2D eigenvalue weighted by atomic mass is 35.5. The lowest BCUT2D eigenvalue weighted by Crippen LogP contribution is -2.33. The van der Waals surface area contributed by atoms with E-state index in [4.69, 9.17) is 22.1 Å². The Kier molecular flexibility index (Phi) is 6.93. The van der Waals surface area contributed by atoms with Gasteiger partial charge in [0.25, 0.3) is 5.56 Å². The summed E-state index contributed by atoms with van der Waals surface area (Å²) in [5, 5.41) is 0.419. The molecule has 0 radical (unpaired) electrons. The average Bonchev–Trinajstić information content (AvgIpc) is 2.84. The molecule has 0 fully saturated rings. The molecule has 4 aromatic rings. The number of nitrogens with two attached hydrogens (primary N) is 1. The zero-order valence-electron chi connectivity index (χ0n) is 19.3. The number of amides is 1. The number of H-pyrrole nitrogens is 1. The topological polar surface area (TPSA) is 124 Å². The van der Waals surface area contributed by atoms with Gasteiger partial charge in [0.05, 0.1) is 16.4 Å². The summed E-state index contributed by atoms with van der Waals surface area (Å²) in [5.74, 6) is 0.339. The number of aromatic nitrogens is 4. The van der Waals surface area contributed by atoms with Gasteiger partial charge >= 0.3 is 0 Å². The number of nitrogens with one attached hydrogen (secondary N) is 1. The van der Waals surface area contributed by atoms with E-state index in [0.29, 0.717) is 46.6 Å². The quantitative estimate of drug-likeness (QED) is 0.382. The van der Waals surface area contributed by atoms with E-state index < -0.39 is 11.3 Å². The average molecular weight is 490 g/mol. The number of carbonyl (C=O) groups is 1. The van der Waals surface area contributed by atoms with Crippen molar-refractivity contribution in [3.05, 3.63) is 93.6 Å². The molecule has 0 saturated carbocycles. The van der Waals surface area contributed by atoms with Gasteiger partial charge in [-0.1, -0.05) is 37.6 Å². The number of carbonyl (C=O) groups excluding carboxylic acids is 1. The van der Waals surface area contributed by atoms with E-state index >= 15 is 0 Å². The Bertz CT molecular complexity index is 1400. The molecule has 1 aromatic carbocycles. The molecule has 35 heavy (non-hydrogen) atoms. The Hall–Kier alpha value is -4.04. The molecular weight excluding hydrogens is 466 g/mol. The van der Waals surface area contributed by atoms with Gasteiger partial charge in [-0.2, -0.15) is 0 Å². The molecule has 8 nitrogen and oxygen atoms in total. The van der Waals surface area contributed by atoms with E-state index in [2.05, 4.69) is 19.9 Å². The lowest BCUT2D eigenvalue weighted by atomic mass is 9.85. The summed E-state index contributed by atoms with van der Waals surface area (Å²) in [7, 11) is 0. The molecule has 0 aliphatic rings. The molecule has 178 valence electrons. The zero-order chi connectivity index (χ0) is 25.0. The molecule has 0 spiro atoms. The van der Waals surface area contributed by atoms with Crippen LogP contribution in [0.3, 0.4) is 0 Å². The molecule has 0 aliphatic heterocycles. The van der Waals surface area contributed by atoms with Crippen molar-refractivity contribution in [3.63, 3.8) is 0 Å². The maximum absolute atomic E-state index is 12.4. The van der Waals surface area contributed by atoms with Gasteiger partial charge in [0.1, 0.15) is 12.4 Å². The van der Waals surface area contributed by atoms with Crippen LogP contribution in [0.25, 0.3) is 22.6 Å². The zero-order valence-corrected chi connectivity index (χ0v) is 20.0. The number of halogens is 1. The summed E-state index contributed by atoms with van der Waals surface area (Å²) < 4.78 is 5.67. The van der Waals surface area contributed by atoms with Crippen molar-refractivity contribution >= 4 is 17.5 Å². The van der Waals surface area contributed by atoms with Crippen LogP contribution in [0.1, 0.15) is 25.1 Å². The molecule has 3 aromatic heterocycles. The first-order valence-electron chi connectivity index (χ1n) is 10.9. The Morgan fingerprint density at radius 2 is 1.94 bits per heavy atom. The van der Waals surface area contributed by atoms with Crippen molar-refractivity contribution in [3.8, 4) is 28.5 Å². The predicted octanol–water partition coefficient (Wildman–Crippen LogP) is 4.18. The number of hydrogen-bond donors (Lipinski definition) is 2. The highest BCUT2D eigenvalue weighted by molar-refractivity contribution is 6.33. The Labute approximate surface area is 207 Å². The number of benzene rings is 1. The lowest BCUT2D eigenvalue weighted by Gasteiger charge is -2.20. The number of primary amides is 1. The molecule has 0 unspecified atom stereocenters. The molecule has 3 N–H and O–H groups in total. The van der Waals surface area contributed by atoms with Crippen LogP contribution in [-0.4, -0.2) is 25.8 Å². The molecule has 1 amide bonds. The standard InChI is InChI=1S/C26H24ClN5O3/c1-26(2,25(28)34)13-16-6-8-20(27)19(11-16)24-31-21(12-22(33)32-24)17-7-9-23(30-14-17)35-15-18-5-3-4-10-29-18/h3-12,14H,13,15H2,1-2H3,(H2,28,34)(H,31,32,33). The minimum absolute atomic E-state index is 0.294. The molecular formula is C26H24ClN5O3. The fourth-order valence-corrected chi connectivity index (χ4v) is 3.65. The van der Waals surface area contributed by atoms with Crippen LogP contribution in [0.5, 0.6) is 5.88 Å². The maximum atomic E-state index is 12.4. The van der Waals surface area contributed by atoms with Crippen molar-refractivity contribution in [1.82, 2.24) is 19.9 Å². The Morgan fingerprint density at radius 3 is 2.63 bits per heavy atom. The normalized spacial score (nSPS) is 11.3. The van der Waals surface area contributed by atoms with Gasteiger partial charge in [0.15, 0.2) is 0 Å². The van der Waals surface area contributed by atoms with Crippen molar-refractivity contribution in [2.75, 3.05) is 0 Å². The number of aromatic amines is 1. The molecule has 0 atom stereocenters. The summed E-state index contributed by atoms with van der Waals surface area (Å²) in [4.78, 5) is 40.1. The first-order valence-corrected chi connectivity index (χ1v) is 11.3. The molecule has 0 bridgehead atoms. The van der Waals surface area contributed by atoms with E-state index in [0.717, 1.165) is 11.3 Å². The van der Waals surface area contributed by atoms with E-state index in [9.17, 15) is 9.59 Å². The van der Waals surface area contributed by atoms with E-state index in [1.54, 1.807) is 44.4 Å². The minimum Gasteiger partial charge on any atom is -0.471 e. The van der Waals surface area contributed by atoms with Gasteiger partial charge in [-0.3, -0.25) is 14.6 Å². The molecule has 0 aliphatic carbocycles. The van der Waals surface area contributed by atoms with Gasteiger partial charge in [-0.25, -0.2) is 9.97 Å². The van der Waals surface area contributed by atoms with Gasteiger partial charge in [0, 0.05) is 41.1 Å². The van der Waals surface area contributed by atoms with Crippen LogP contribution in [0.2, 0.25) is 5.02 Å². The Morgan fingerprint density at radius 1 is 1.11 bits per heavy atom. The summed E-state index contributed by atoms with van der Waals surface area (Å²) in [6.07, 6.45) is 3.71. The minimum atomic E-state index is -0.736. The third-order valence-electron chi connectivity index (χ3n) is 5.47. The molecule has 4 rings (SSSR count). The molecule has 0 saturated heterocycles. The predicted molar refractivity (Wildman–Crippen MR) is 134 cm³/mol. The smallest absolute Gasteiger partial charge is 0.251 e. The monoisotopic (exact) mass is 489 g/mol. The van der Waals surface area contributed by atoms with Gasteiger partial charge in [0.2, 0.25) is 11.8 Å². The van der Waals surface area contributed by atoms with Crippen molar-refractivity contribution in [2.45, 2.75) is 26.9 Å². The number of nitrogens with zero attached hydrogens (tertiary/aromatic N) is 3. The van der Waals surface area contributed by atoms with Gasteiger partial charge in [-0.05, 0) is 42.3 Å². The van der Waals surface area contributed by atoms with Crippen LogP contribution in [0.15, 0.2) is 71.8 Å². The SMILES string of the molecule is CC(C)(Cc1ccc(Cl)c(-c2nc(-c3ccc(OCc4ccccn4)nc3)cc(=O)[nH]2)c1)C(N)=O. The van der Waals surface area contributed by atoms with Crippen LogP contribution < -0.4 is 16.0 Å². The first-order chi connectivity index (χ1) is 16.7. The van der Waals surface area contributed by atoms with Crippen LogP contribution in [-0.2, 0) is 17.8 Å². The fourth-order valence-electron chi connectivity index (χ4n) is 3.44. The second kappa shape index (κ2) is 10.1. The van der Waals surface area contributed by atoms with E-state index in [1.165, 1.54) is 6.07 Å². The highest BCUT2D eigenvalue weighted by Crippen LogP contribution is 2.30. The number of rotatable bonds is 8. The van der Waals surface area contributed by atoms with Crippen molar-refractivity contribution < 1.29 is 9.53 Å². The van der Waals surface area contributed by atoms with Crippen molar-refractivity contribution in [2.24, 2.45) is 11.1 Å². The summed E-state index contributed by atoms with van der Waals surface area (Å²) >= 11 is 6.43. The van der Waals surface area contributed by atoms with E-state index in [-0.39, 0.29) is 5.56 Å².